The fraction of sp³-hybridized carbons (Fsp3) is 0.125. The van der Waals surface area contributed by atoms with Gasteiger partial charge in [0.1, 0.15) is 23.7 Å². The van der Waals surface area contributed by atoms with Crippen molar-refractivity contribution in [3.05, 3.63) is 66.6 Å². The van der Waals surface area contributed by atoms with Crippen molar-refractivity contribution >= 4 is 10.9 Å². The van der Waals surface area contributed by atoms with E-state index in [0.29, 0.717) is 0 Å². The lowest BCUT2D eigenvalue weighted by Crippen LogP contribution is -2.03. The lowest BCUT2D eigenvalue weighted by atomic mass is 10.1. The Kier molecular flexibility index (Phi) is 3.11. The van der Waals surface area contributed by atoms with Gasteiger partial charge in [-0.15, -0.1) is 0 Å². The van der Waals surface area contributed by atoms with E-state index in [1.807, 2.05) is 43.3 Å². The molecule has 0 bridgehead atoms. The molecular formula is C16H14N2O. The summed E-state index contributed by atoms with van der Waals surface area (Å²) in [4.78, 5) is 8.32. The Morgan fingerprint density at radius 1 is 1.00 bits per heavy atom. The Balaban J connectivity index is 1.94. The number of aromatic nitrogens is 2. The van der Waals surface area contributed by atoms with E-state index in [0.717, 1.165) is 22.2 Å². The summed E-state index contributed by atoms with van der Waals surface area (Å²) in [6.07, 6.45) is 3.33. The number of rotatable bonds is 3. The number of nitrogens with zero attached hydrogens (tertiary/aromatic N) is 2. The van der Waals surface area contributed by atoms with E-state index in [1.54, 1.807) is 12.5 Å². The van der Waals surface area contributed by atoms with Crippen molar-refractivity contribution in [3.8, 4) is 5.75 Å². The molecule has 0 aliphatic carbocycles. The van der Waals surface area contributed by atoms with Crippen LogP contribution >= 0.6 is 0 Å². The molecule has 3 heteroatoms. The summed E-state index contributed by atoms with van der Waals surface area (Å²) < 4.78 is 6.02. The Morgan fingerprint density at radius 2 is 1.84 bits per heavy atom. The van der Waals surface area contributed by atoms with Crippen molar-refractivity contribution in [3.63, 3.8) is 0 Å². The molecule has 0 spiro atoms. The van der Waals surface area contributed by atoms with E-state index in [2.05, 4.69) is 22.1 Å². The quantitative estimate of drug-likeness (QED) is 0.709. The van der Waals surface area contributed by atoms with Crippen molar-refractivity contribution in [1.82, 2.24) is 9.97 Å². The number of benzene rings is 2. The Bertz CT molecular complexity index is 677. The van der Waals surface area contributed by atoms with Gasteiger partial charge in [0.25, 0.3) is 0 Å². The van der Waals surface area contributed by atoms with Crippen molar-refractivity contribution in [2.75, 3.05) is 0 Å². The van der Waals surface area contributed by atoms with Gasteiger partial charge in [-0.1, -0.05) is 42.5 Å². The van der Waals surface area contributed by atoms with Gasteiger partial charge < -0.3 is 4.74 Å². The summed E-state index contributed by atoms with van der Waals surface area (Å²) in [5, 5.41) is 0.986. The predicted octanol–water partition coefficient (Wildman–Crippen LogP) is 3.77. The van der Waals surface area contributed by atoms with E-state index in [4.69, 9.17) is 4.74 Å². The third kappa shape index (κ3) is 2.40. The highest BCUT2D eigenvalue weighted by molar-refractivity contribution is 5.83. The largest absolute Gasteiger partial charge is 0.484 e. The van der Waals surface area contributed by atoms with E-state index in [1.165, 1.54) is 0 Å². The standard InChI is InChI=1S/C16H14N2O/c1-12(13-6-3-2-4-7-13)19-15-9-5-8-14-10-17-11-18-16(14)15/h2-12H,1H3/t12-/m0/s1. The molecule has 1 aromatic heterocycles. The second-order valence-electron chi connectivity index (χ2n) is 4.39. The summed E-state index contributed by atoms with van der Waals surface area (Å²) in [7, 11) is 0. The Labute approximate surface area is 111 Å². The van der Waals surface area contributed by atoms with Crippen LogP contribution in [0.1, 0.15) is 18.6 Å². The second kappa shape index (κ2) is 5.06. The molecule has 0 saturated carbocycles. The predicted molar refractivity (Wildman–Crippen MR) is 75.0 cm³/mol. The highest BCUT2D eigenvalue weighted by Crippen LogP contribution is 2.27. The second-order valence-corrected chi connectivity index (χ2v) is 4.39. The van der Waals surface area contributed by atoms with Crippen LogP contribution in [0, 0.1) is 0 Å². The molecule has 0 amide bonds. The molecule has 3 rings (SSSR count). The normalized spacial score (nSPS) is 12.3. The molecule has 1 atom stereocenters. The molecule has 0 fully saturated rings. The molecule has 0 aliphatic heterocycles. The van der Waals surface area contributed by atoms with Crippen LogP contribution in [0.4, 0.5) is 0 Å². The number of fused-ring (bicyclic) bond motifs is 1. The minimum absolute atomic E-state index is 0.0123. The fourth-order valence-corrected chi connectivity index (χ4v) is 2.06. The first-order valence-electron chi connectivity index (χ1n) is 6.25. The van der Waals surface area contributed by atoms with E-state index in [9.17, 15) is 0 Å². The topological polar surface area (TPSA) is 35.0 Å². The summed E-state index contributed by atoms with van der Waals surface area (Å²) in [6.45, 7) is 2.04. The first kappa shape index (κ1) is 11.7. The average Bonchev–Trinajstić information content (AvgIpc) is 2.48. The third-order valence-corrected chi connectivity index (χ3v) is 3.07. The van der Waals surface area contributed by atoms with Gasteiger partial charge >= 0.3 is 0 Å². The molecule has 0 aliphatic rings. The zero-order valence-electron chi connectivity index (χ0n) is 10.7. The fourth-order valence-electron chi connectivity index (χ4n) is 2.06. The van der Waals surface area contributed by atoms with E-state index >= 15 is 0 Å². The monoisotopic (exact) mass is 250 g/mol. The maximum atomic E-state index is 6.02. The van der Waals surface area contributed by atoms with Crippen LogP contribution in [-0.2, 0) is 0 Å². The first-order valence-corrected chi connectivity index (χ1v) is 6.25. The smallest absolute Gasteiger partial charge is 0.146 e. The number of para-hydroxylation sites is 1. The summed E-state index contributed by atoms with van der Waals surface area (Å²) in [6, 6.07) is 16.0. The van der Waals surface area contributed by atoms with Gasteiger partial charge in [-0.3, -0.25) is 0 Å². The first-order chi connectivity index (χ1) is 9.34. The van der Waals surface area contributed by atoms with Crippen LogP contribution in [0.15, 0.2) is 61.1 Å². The van der Waals surface area contributed by atoms with Crippen molar-refractivity contribution < 1.29 is 4.74 Å². The highest BCUT2D eigenvalue weighted by atomic mass is 16.5. The summed E-state index contributed by atoms with van der Waals surface area (Å²) >= 11 is 0. The zero-order valence-corrected chi connectivity index (χ0v) is 10.7. The van der Waals surface area contributed by atoms with Crippen LogP contribution < -0.4 is 4.74 Å². The molecule has 0 unspecified atom stereocenters. The maximum absolute atomic E-state index is 6.02. The minimum Gasteiger partial charge on any atom is -0.484 e. The molecule has 2 aromatic carbocycles. The van der Waals surface area contributed by atoms with Gasteiger partial charge in [0.2, 0.25) is 0 Å². The molecule has 1 heterocycles. The van der Waals surface area contributed by atoms with Crippen LogP contribution in [0.5, 0.6) is 5.75 Å². The number of ether oxygens (including phenoxy) is 1. The number of hydrogen-bond donors (Lipinski definition) is 0. The molecule has 0 saturated heterocycles. The van der Waals surface area contributed by atoms with Crippen LogP contribution in [0.2, 0.25) is 0 Å². The Hall–Kier alpha value is -2.42. The number of hydrogen-bond acceptors (Lipinski definition) is 3. The van der Waals surface area contributed by atoms with E-state index in [-0.39, 0.29) is 6.10 Å². The highest BCUT2D eigenvalue weighted by Gasteiger charge is 2.09. The SMILES string of the molecule is C[C@H](Oc1cccc2cncnc12)c1ccccc1. The molecule has 19 heavy (non-hydrogen) atoms. The lowest BCUT2D eigenvalue weighted by molar-refractivity contribution is 0.229. The molecule has 0 N–H and O–H groups in total. The van der Waals surface area contributed by atoms with Crippen LogP contribution in [0.3, 0.4) is 0 Å². The van der Waals surface area contributed by atoms with Gasteiger partial charge in [0, 0.05) is 11.6 Å². The van der Waals surface area contributed by atoms with Crippen molar-refractivity contribution in [1.29, 1.82) is 0 Å². The van der Waals surface area contributed by atoms with Crippen LogP contribution in [-0.4, -0.2) is 9.97 Å². The van der Waals surface area contributed by atoms with Gasteiger partial charge in [-0.2, -0.15) is 0 Å². The molecule has 0 radical (unpaired) electrons. The van der Waals surface area contributed by atoms with Gasteiger partial charge in [0.15, 0.2) is 0 Å². The van der Waals surface area contributed by atoms with Gasteiger partial charge in [-0.05, 0) is 18.6 Å². The summed E-state index contributed by atoms with van der Waals surface area (Å²) in [5.74, 6) is 0.788. The minimum atomic E-state index is -0.0123. The third-order valence-electron chi connectivity index (χ3n) is 3.07. The molecule has 3 aromatic rings. The van der Waals surface area contributed by atoms with Crippen LogP contribution in [0.25, 0.3) is 10.9 Å². The van der Waals surface area contributed by atoms with Gasteiger partial charge in [-0.25, -0.2) is 9.97 Å². The van der Waals surface area contributed by atoms with Crippen molar-refractivity contribution in [2.45, 2.75) is 13.0 Å². The molecule has 94 valence electrons. The Morgan fingerprint density at radius 3 is 2.68 bits per heavy atom. The molecule has 3 nitrogen and oxygen atoms in total. The van der Waals surface area contributed by atoms with Crippen molar-refractivity contribution in [2.24, 2.45) is 0 Å². The average molecular weight is 250 g/mol. The van der Waals surface area contributed by atoms with E-state index < -0.39 is 0 Å². The molecular weight excluding hydrogens is 236 g/mol. The maximum Gasteiger partial charge on any atom is 0.146 e. The zero-order chi connectivity index (χ0) is 13.1. The van der Waals surface area contributed by atoms with Gasteiger partial charge in [0.05, 0.1) is 0 Å². The summed E-state index contributed by atoms with van der Waals surface area (Å²) in [5.41, 5.74) is 1.99. The lowest BCUT2D eigenvalue weighted by Gasteiger charge is -2.15.